The van der Waals surface area contributed by atoms with Gasteiger partial charge >= 0.3 is 0 Å². The molecule has 0 amide bonds. The Kier molecular flexibility index (Phi) is 2.79. The number of nitrogens with zero attached hydrogens (tertiary/aromatic N) is 2. The molecule has 0 saturated carbocycles. The van der Waals surface area contributed by atoms with Crippen LogP contribution in [-0.4, -0.2) is 23.9 Å². The number of aromatic nitrogens is 2. The zero-order valence-corrected chi connectivity index (χ0v) is 8.49. The maximum atomic E-state index is 5.51. The SMILES string of the molecule is CNC(C)c1nnc(C2CCCO2)o1. The molecule has 1 N–H and O–H groups in total. The molecular weight excluding hydrogens is 182 g/mol. The van der Waals surface area contributed by atoms with Crippen molar-refractivity contribution in [1.29, 1.82) is 0 Å². The summed E-state index contributed by atoms with van der Waals surface area (Å²) in [6.07, 6.45) is 2.07. The first-order valence-corrected chi connectivity index (χ1v) is 4.93. The standard InChI is InChI=1S/C9H15N3O2/c1-6(10-2)8-11-12-9(14-8)7-4-3-5-13-7/h6-7,10H,3-5H2,1-2H3. The Balaban J connectivity index is 2.08. The molecule has 0 aliphatic carbocycles. The van der Waals surface area contributed by atoms with Gasteiger partial charge in [-0.05, 0) is 26.8 Å². The van der Waals surface area contributed by atoms with Gasteiger partial charge < -0.3 is 14.5 Å². The van der Waals surface area contributed by atoms with E-state index in [1.165, 1.54) is 0 Å². The number of hydrogen-bond donors (Lipinski definition) is 1. The number of rotatable bonds is 3. The Hall–Kier alpha value is -0.940. The molecule has 2 atom stereocenters. The van der Waals surface area contributed by atoms with Gasteiger partial charge in [0.05, 0.1) is 6.04 Å². The lowest BCUT2D eigenvalue weighted by Crippen LogP contribution is -2.12. The van der Waals surface area contributed by atoms with E-state index < -0.39 is 0 Å². The predicted octanol–water partition coefficient (Wildman–Crippen LogP) is 1.20. The van der Waals surface area contributed by atoms with Crippen LogP contribution in [0, 0.1) is 0 Å². The molecule has 2 unspecified atom stereocenters. The average molecular weight is 197 g/mol. The van der Waals surface area contributed by atoms with Gasteiger partial charge in [0, 0.05) is 6.61 Å². The second kappa shape index (κ2) is 4.06. The number of ether oxygens (including phenoxy) is 1. The van der Waals surface area contributed by atoms with E-state index in [1.54, 1.807) is 0 Å². The zero-order valence-electron chi connectivity index (χ0n) is 8.49. The van der Waals surface area contributed by atoms with Crippen LogP contribution in [0.3, 0.4) is 0 Å². The average Bonchev–Trinajstić information content (AvgIpc) is 2.86. The van der Waals surface area contributed by atoms with E-state index in [0.29, 0.717) is 11.8 Å². The summed E-state index contributed by atoms with van der Waals surface area (Å²) < 4.78 is 11.0. The maximum absolute atomic E-state index is 5.51. The molecule has 0 bridgehead atoms. The van der Waals surface area contributed by atoms with Crippen molar-refractivity contribution in [3.05, 3.63) is 11.8 Å². The highest BCUT2D eigenvalue weighted by Gasteiger charge is 2.24. The van der Waals surface area contributed by atoms with E-state index in [9.17, 15) is 0 Å². The second-order valence-electron chi connectivity index (χ2n) is 3.49. The molecule has 2 heterocycles. The highest BCUT2D eigenvalue weighted by atomic mass is 16.5. The molecule has 1 aliphatic heterocycles. The fraction of sp³-hybridized carbons (Fsp3) is 0.778. The summed E-state index contributed by atoms with van der Waals surface area (Å²) in [4.78, 5) is 0. The largest absolute Gasteiger partial charge is 0.421 e. The van der Waals surface area contributed by atoms with Gasteiger partial charge in [0.15, 0.2) is 0 Å². The molecule has 5 heteroatoms. The lowest BCUT2D eigenvalue weighted by atomic mass is 10.2. The van der Waals surface area contributed by atoms with Crippen LogP contribution in [0.5, 0.6) is 0 Å². The minimum Gasteiger partial charge on any atom is -0.421 e. The number of nitrogens with one attached hydrogen (secondary N) is 1. The fourth-order valence-electron chi connectivity index (χ4n) is 1.45. The summed E-state index contributed by atoms with van der Waals surface area (Å²) in [5.74, 6) is 1.23. The van der Waals surface area contributed by atoms with E-state index in [0.717, 1.165) is 19.4 Å². The van der Waals surface area contributed by atoms with Gasteiger partial charge in [-0.25, -0.2) is 0 Å². The third kappa shape index (κ3) is 1.78. The molecule has 0 aromatic carbocycles. The maximum Gasteiger partial charge on any atom is 0.245 e. The smallest absolute Gasteiger partial charge is 0.245 e. The van der Waals surface area contributed by atoms with Crippen molar-refractivity contribution in [2.75, 3.05) is 13.7 Å². The molecule has 1 aromatic heterocycles. The van der Waals surface area contributed by atoms with Gasteiger partial charge in [0.2, 0.25) is 11.8 Å². The molecule has 2 rings (SSSR count). The van der Waals surface area contributed by atoms with Crippen molar-refractivity contribution in [3.63, 3.8) is 0 Å². The van der Waals surface area contributed by atoms with Crippen molar-refractivity contribution >= 4 is 0 Å². The van der Waals surface area contributed by atoms with Crippen LogP contribution in [0.2, 0.25) is 0 Å². The summed E-state index contributed by atoms with van der Waals surface area (Å²) in [5, 5.41) is 11.0. The van der Waals surface area contributed by atoms with Gasteiger partial charge in [0.25, 0.3) is 0 Å². The summed E-state index contributed by atoms with van der Waals surface area (Å²) in [7, 11) is 1.86. The Morgan fingerprint density at radius 1 is 1.50 bits per heavy atom. The van der Waals surface area contributed by atoms with Crippen LogP contribution in [-0.2, 0) is 4.74 Å². The molecular formula is C9H15N3O2. The van der Waals surface area contributed by atoms with Crippen molar-refractivity contribution < 1.29 is 9.15 Å². The van der Waals surface area contributed by atoms with E-state index in [1.807, 2.05) is 14.0 Å². The predicted molar refractivity (Wildman–Crippen MR) is 49.7 cm³/mol. The highest BCUT2D eigenvalue weighted by Crippen LogP contribution is 2.27. The van der Waals surface area contributed by atoms with Crippen LogP contribution in [0.1, 0.15) is 43.7 Å². The van der Waals surface area contributed by atoms with Crippen molar-refractivity contribution in [1.82, 2.24) is 15.5 Å². The number of hydrogen-bond acceptors (Lipinski definition) is 5. The van der Waals surface area contributed by atoms with Crippen LogP contribution in [0.25, 0.3) is 0 Å². The van der Waals surface area contributed by atoms with E-state index in [2.05, 4.69) is 15.5 Å². The molecule has 14 heavy (non-hydrogen) atoms. The summed E-state index contributed by atoms with van der Waals surface area (Å²) in [6.45, 7) is 2.77. The van der Waals surface area contributed by atoms with Crippen LogP contribution >= 0.6 is 0 Å². The van der Waals surface area contributed by atoms with Crippen LogP contribution in [0.4, 0.5) is 0 Å². The van der Waals surface area contributed by atoms with Crippen molar-refractivity contribution in [3.8, 4) is 0 Å². The first kappa shape index (κ1) is 9.61. The molecule has 5 nitrogen and oxygen atoms in total. The lowest BCUT2D eigenvalue weighted by Gasteiger charge is -2.04. The van der Waals surface area contributed by atoms with Gasteiger partial charge in [-0.15, -0.1) is 10.2 Å². The summed E-state index contributed by atoms with van der Waals surface area (Å²) in [5.41, 5.74) is 0. The van der Waals surface area contributed by atoms with Crippen LogP contribution < -0.4 is 5.32 Å². The van der Waals surface area contributed by atoms with E-state index in [-0.39, 0.29) is 12.1 Å². The minimum atomic E-state index is 0.0142. The summed E-state index contributed by atoms with van der Waals surface area (Å²) >= 11 is 0. The Labute approximate surface area is 82.8 Å². The fourth-order valence-corrected chi connectivity index (χ4v) is 1.45. The zero-order chi connectivity index (χ0) is 9.97. The van der Waals surface area contributed by atoms with Gasteiger partial charge in [-0.3, -0.25) is 0 Å². The molecule has 1 aromatic rings. The third-order valence-corrected chi connectivity index (χ3v) is 2.46. The third-order valence-electron chi connectivity index (χ3n) is 2.46. The van der Waals surface area contributed by atoms with E-state index >= 15 is 0 Å². The summed E-state index contributed by atoms with van der Waals surface area (Å²) in [6, 6.07) is 0.0950. The van der Waals surface area contributed by atoms with Gasteiger partial charge in [0.1, 0.15) is 6.10 Å². The minimum absolute atomic E-state index is 0.0142. The monoisotopic (exact) mass is 197 g/mol. The van der Waals surface area contributed by atoms with Crippen molar-refractivity contribution in [2.24, 2.45) is 0 Å². The Morgan fingerprint density at radius 3 is 3.00 bits per heavy atom. The second-order valence-corrected chi connectivity index (χ2v) is 3.49. The first-order chi connectivity index (χ1) is 6.81. The molecule has 78 valence electrons. The van der Waals surface area contributed by atoms with Gasteiger partial charge in [-0.1, -0.05) is 0 Å². The molecule has 1 aliphatic rings. The molecule has 1 fully saturated rings. The van der Waals surface area contributed by atoms with Crippen molar-refractivity contribution in [2.45, 2.75) is 31.9 Å². The molecule has 1 saturated heterocycles. The molecule has 0 radical (unpaired) electrons. The molecule has 0 spiro atoms. The normalized spacial score (nSPS) is 24.0. The topological polar surface area (TPSA) is 60.2 Å². The van der Waals surface area contributed by atoms with Crippen LogP contribution in [0.15, 0.2) is 4.42 Å². The van der Waals surface area contributed by atoms with Gasteiger partial charge in [-0.2, -0.15) is 0 Å². The Morgan fingerprint density at radius 2 is 2.36 bits per heavy atom. The highest BCUT2D eigenvalue weighted by molar-refractivity contribution is 4.92. The first-order valence-electron chi connectivity index (χ1n) is 4.93. The quantitative estimate of drug-likeness (QED) is 0.789. The lowest BCUT2D eigenvalue weighted by molar-refractivity contribution is 0.0876. The Bertz CT molecular complexity index is 294. The van der Waals surface area contributed by atoms with E-state index in [4.69, 9.17) is 9.15 Å².